The second-order valence-corrected chi connectivity index (χ2v) is 8.70. The zero-order valence-corrected chi connectivity index (χ0v) is 15.5. The van der Waals surface area contributed by atoms with E-state index in [1.807, 2.05) is 4.90 Å². The number of carbonyl (C=O) groups excluding carboxylic acids is 2. The minimum atomic E-state index is 0.0465. The van der Waals surface area contributed by atoms with Crippen molar-refractivity contribution in [2.45, 2.75) is 51.4 Å². The van der Waals surface area contributed by atoms with Crippen LogP contribution in [0.5, 0.6) is 0 Å². The normalized spacial score (nSPS) is 31.4. The zero-order valence-electron chi connectivity index (χ0n) is 15.5. The maximum Gasteiger partial charge on any atom is 0.227 e. The molecule has 0 spiro atoms. The van der Waals surface area contributed by atoms with Crippen LogP contribution in [0.3, 0.4) is 0 Å². The Morgan fingerprint density at radius 1 is 0.680 bits per heavy atom. The maximum atomic E-state index is 13.0. The molecule has 2 amide bonds. The van der Waals surface area contributed by atoms with Crippen molar-refractivity contribution in [2.75, 3.05) is 45.8 Å². The molecule has 25 heavy (non-hydrogen) atoms. The van der Waals surface area contributed by atoms with Crippen LogP contribution >= 0.6 is 0 Å². The Bertz CT molecular complexity index is 499. The van der Waals surface area contributed by atoms with Crippen molar-refractivity contribution < 1.29 is 9.59 Å². The summed E-state index contributed by atoms with van der Waals surface area (Å²) in [6.07, 6.45) is 9.25. The van der Waals surface area contributed by atoms with Gasteiger partial charge in [-0.15, -0.1) is 0 Å². The summed E-state index contributed by atoms with van der Waals surface area (Å²) >= 11 is 0. The van der Waals surface area contributed by atoms with Gasteiger partial charge in [0.2, 0.25) is 11.8 Å². The SMILES string of the molecule is O=C(C1CC1)N1CCC[C@@H](C(=O)N2CC[C@H](CN3CCCCC3)C2)C1. The van der Waals surface area contributed by atoms with Crippen LogP contribution in [0.25, 0.3) is 0 Å². The van der Waals surface area contributed by atoms with Gasteiger partial charge in [0.1, 0.15) is 0 Å². The molecule has 1 saturated carbocycles. The molecule has 1 aliphatic carbocycles. The minimum absolute atomic E-state index is 0.0465. The molecule has 0 radical (unpaired) electrons. The van der Waals surface area contributed by atoms with Gasteiger partial charge >= 0.3 is 0 Å². The van der Waals surface area contributed by atoms with Crippen LogP contribution < -0.4 is 0 Å². The zero-order chi connectivity index (χ0) is 17.2. The van der Waals surface area contributed by atoms with E-state index < -0.39 is 0 Å². The van der Waals surface area contributed by atoms with Crippen LogP contribution in [0.15, 0.2) is 0 Å². The third-order valence-corrected chi connectivity index (χ3v) is 6.57. The first kappa shape index (κ1) is 17.3. The van der Waals surface area contributed by atoms with E-state index in [2.05, 4.69) is 9.80 Å². The molecule has 3 heterocycles. The number of amides is 2. The molecule has 4 rings (SSSR count). The maximum absolute atomic E-state index is 13.0. The summed E-state index contributed by atoms with van der Waals surface area (Å²) in [5.41, 5.74) is 0. The molecule has 3 saturated heterocycles. The van der Waals surface area contributed by atoms with Gasteiger partial charge in [-0.1, -0.05) is 6.42 Å². The topological polar surface area (TPSA) is 43.9 Å². The second kappa shape index (κ2) is 7.65. The highest BCUT2D eigenvalue weighted by atomic mass is 16.2. The number of hydrogen-bond acceptors (Lipinski definition) is 3. The number of likely N-dealkylation sites (tertiary alicyclic amines) is 3. The molecule has 0 bridgehead atoms. The van der Waals surface area contributed by atoms with Crippen molar-refractivity contribution in [2.24, 2.45) is 17.8 Å². The molecule has 0 aromatic heterocycles. The Hall–Kier alpha value is -1.10. The molecule has 140 valence electrons. The van der Waals surface area contributed by atoms with Crippen molar-refractivity contribution in [1.82, 2.24) is 14.7 Å². The summed E-state index contributed by atoms with van der Waals surface area (Å²) in [4.78, 5) is 32.0. The lowest BCUT2D eigenvalue weighted by atomic mass is 9.96. The van der Waals surface area contributed by atoms with Crippen LogP contribution in [0.4, 0.5) is 0 Å². The molecular weight excluding hydrogens is 314 g/mol. The Morgan fingerprint density at radius 2 is 1.40 bits per heavy atom. The van der Waals surface area contributed by atoms with E-state index in [1.54, 1.807) is 0 Å². The Labute approximate surface area is 151 Å². The van der Waals surface area contributed by atoms with Crippen LogP contribution in [0.1, 0.15) is 51.4 Å². The Kier molecular flexibility index (Phi) is 5.30. The van der Waals surface area contributed by atoms with Crippen molar-refractivity contribution in [3.63, 3.8) is 0 Å². The molecule has 2 atom stereocenters. The molecule has 0 N–H and O–H groups in total. The van der Waals surface area contributed by atoms with Crippen molar-refractivity contribution in [3.8, 4) is 0 Å². The number of hydrogen-bond donors (Lipinski definition) is 0. The fraction of sp³-hybridized carbons (Fsp3) is 0.900. The predicted molar refractivity (Wildman–Crippen MR) is 97.0 cm³/mol. The van der Waals surface area contributed by atoms with Gasteiger partial charge in [0, 0.05) is 38.6 Å². The largest absolute Gasteiger partial charge is 0.342 e. The average molecular weight is 348 g/mol. The lowest BCUT2D eigenvalue weighted by molar-refractivity contribution is -0.140. The standard InChI is InChI=1S/C20H33N3O2/c24-19(17-6-7-17)22-11-4-5-18(15-22)20(25)23-12-8-16(14-23)13-21-9-2-1-3-10-21/h16-18H,1-15H2/t16-,18-/m1/s1. The summed E-state index contributed by atoms with van der Waals surface area (Å²) in [6, 6.07) is 0. The first-order chi connectivity index (χ1) is 12.2. The van der Waals surface area contributed by atoms with Gasteiger partial charge in [0.25, 0.3) is 0 Å². The van der Waals surface area contributed by atoms with Gasteiger partial charge < -0.3 is 14.7 Å². The molecule has 4 fully saturated rings. The fourth-order valence-electron chi connectivity index (χ4n) is 4.91. The Balaban J connectivity index is 1.26. The van der Waals surface area contributed by atoms with Crippen molar-refractivity contribution >= 4 is 11.8 Å². The van der Waals surface area contributed by atoms with Gasteiger partial charge in [-0.25, -0.2) is 0 Å². The summed E-state index contributed by atoms with van der Waals surface area (Å²) in [5.74, 6) is 1.59. The van der Waals surface area contributed by atoms with Crippen molar-refractivity contribution in [3.05, 3.63) is 0 Å². The van der Waals surface area contributed by atoms with E-state index in [4.69, 9.17) is 0 Å². The van der Waals surface area contributed by atoms with E-state index in [1.165, 1.54) is 38.9 Å². The first-order valence-corrected chi connectivity index (χ1v) is 10.5. The monoisotopic (exact) mass is 347 g/mol. The highest BCUT2D eigenvalue weighted by molar-refractivity contribution is 5.83. The van der Waals surface area contributed by atoms with Crippen LogP contribution in [-0.2, 0) is 9.59 Å². The smallest absolute Gasteiger partial charge is 0.227 e. The van der Waals surface area contributed by atoms with E-state index in [0.29, 0.717) is 24.3 Å². The second-order valence-electron chi connectivity index (χ2n) is 8.70. The third kappa shape index (κ3) is 4.18. The van der Waals surface area contributed by atoms with Crippen LogP contribution in [-0.4, -0.2) is 72.3 Å². The summed E-state index contributed by atoms with van der Waals surface area (Å²) in [7, 11) is 0. The summed E-state index contributed by atoms with van der Waals surface area (Å²) in [5, 5.41) is 0. The Morgan fingerprint density at radius 3 is 2.16 bits per heavy atom. The highest BCUT2D eigenvalue weighted by Crippen LogP contribution is 2.33. The van der Waals surface area contributed by atoms with E-state index >= 15 is 0 Å². The summed E-state index contributed by atoms with van der Waals surface area (Å²) in [6.45, 7) is 7.03. The number of nitrogens with zero attached hydrogens (tertiary/aromatic N) is 3. The molecule has 0 unspecified atom stereocenters. The molecule has 5 nitrogen and oxygen atoms in total. The van der Waals surface area contributed by atoms with Gasteiger partial charge in [0.05, 0.1) is 5.92 Å². The molecule has 0 aromatic rings. The van der Waals surface area contributed by atoms with Gasteiger partial charge in [-0.3, -0.25) is 9.59 Å². The van der Waals surface area contributed by atoms with Crippen molar-refractivity contribution in [1.29, 1.82) is 0 Å². The minimum Gasteiger partial charge on any atom is -0.342 e. The van der Waals surface area contributed by atoms with Gasteiger partial charge in [-0.2, -0.15) is 0 Å². The number of rotatable bonds is 4. The fourth-order valence-corrected chi connectivity index (χ4v) is 4.91. The van der Waals surface area contributed by atoms with E-state index in [9.17, 15) is 9.59 Å². The molecule has 0 aromatic carbocycles. The van der Waals surface area contributed by atoms with Crippen LogP contribution in [0, 0.1) is 17.8 Å². The first-order valence-electron chi connectivity index (χ1n) is 10.5. The molecule has 3 aliphatic heterocycles. The lowest BCUT2D eigenvalue weighted by Crippen LogP contribution is -2.47. The average Bonchev–Trinajstić information content (AvgIpc) is 3.41. The van der Waals surface area contributed by atoms with E-state index in [-0.39, 0.29) is 11.8 Å². The quantitative estimate of drug-likeness (QED) is 0.781. The van der Waals surface area contributed by atoms with Gasteiger partial charge in [0.15, 0.2) is 0 Å². The summed E-state index contributed by atoms with van der Waals surface area (Å²) < 4.78 is 0. The van der Waals surface area contributed by atoms with E-state index in [0.717, 1.165) is 51.7 Å². The molecule has 5 heteroatoms. The number of piperidine rings is 2. The molecule has 4 aliphatic rings. The third-order valence-electron chi connectivity index (χ3n) is 6.57. The highest BCUT2D eigenvalue weighted by Gasteiger charge is 2.38. The molecular formula is C20H33N3O2. The van der Waals surface area contributed by atoms with Crippen LogP contribution in [0.2, 0.25) is 0 Å². The number of carbonyl (C=O) groups is 2. The lowest BCUT2D eigenvalue weighted by Gasteiger charge is -2.34. The predicted octanol–water partition coefficient (Wildman–Crippen LogP) is 1.97. The van der Waals surface area contributed by atoms with Gasteiger partial charge in [-0.05, 0) is 64.0 Å².